The van der Waals surface area contributed by atoms with Gasteiger partial charge in [-0.25, -0.2) is 0 Å². The number of aryl methyl sites for hydroxylation is 2. The standard InChI is InChI=1S/C11H15BrS/c1-5-9(6-2)10-7(3)13-8(4)11(10)12/h5H,6H2,1-4H3. The van der Waals surface area contributed by atoms with Crippen molar-refractivity contribution in [2.24, 2.45) is 0 Å². The van der Waals surface area contributed by atoms with Crippen LogP contribution in [0.2, 0.25) is 0 Å². The molecule has 0 spiro atoms. The van der Waals surface area contributed by atoms with E-state index in [1.165, 1.54) is 25.4 Å². The van der Waals surface area contributed by atoms with Gasteiger partial charge in [0.1, 0.15) is 0 Å². The number of hydrogen-bond acceptors (Lipinski definition) is 1. The van der Waals surface area contributed by atoms with Crippen molar-refractivity contribution >= 4 is 32.8 Å². The van der Waals surface area contributed by atoms with Crippen molar-refractivity contribution in [3.05, 3.63) is 25.9 Å². The van der Waals surface area contributed by atoms with E-state index in [1.807, 2.05) is 11.3 Å². The van der Waals surface area contributed by atoms with E-state index < -0.39 is 0 Å². The number of halogens is 1. The fourth-order valence-corrected chi connectivity index (χ4v) is 3.46. The van der Waals surface area contributed by atoms with Crippen LogP contribution in [0.4, 0.5) is 0 Å². The Balaban J connectivity index is 3.28. The molecule has 0 aliphatic rings. The van der Waals surface area contributed by atoms with Gasteiger partial charge in [-0.05, 0) is 48.7 Å². The fraction of sp³-hybridized carbons (Fsp3) is 0.455. The number of allylic oxidation sites excluding steroid dienone is 2. The Morgan fingerprint density at radius 3 is 2.31 bits per heavy atom. The van der Waals surface area contributed by atoms with E-state index in [0.29, 0.717) is 0 Å². The molecule has 0 bridgehead atoms. The lowest BCUT2D eigenvalue weighted by atomic mass is 10.0. The summed E-state index contributed by atoms with van der Waals surface area (Å²) in [5, 5.41) is 0. The molecule has 1 rings (SSSR count). The highest BCUT2D eigenvalue weighted by atomic mass is 79.9. The molecule has 0 unspecified atom stereocenters. The molecule has 72 valence electrons. The smallest absolute Gasteiger partial charge is 0.0389 e. The normalized spacial score (nSPS) is 12.2. The summed E-state index contributed by atoms with van der Waals surface area (Å²) in [7, 11) is 0. The molecule has 1 heterocycles. The molecule has 0 atom stereocenters. The molecule has 1 aromatic heterocycles. The largest absolute Gasteiger partial charge is 0.144 e. The van der Waals surface area contributed by atoms with Gasteiger partial charge < -0.3 is 0 Å². The molecule has 0 amide bonds. The molecule has 2 heteroatoms. The van der Waals surface area contributed by atoms with Crippen LogP contribution in [0.15, 0.2) is 10.5 Å². The maximum atomic E-state index is 3.65. The topological polar surface area (TPSA) is 0 Å². The van der Waals surface area contributed by atoms with E-state index in [1.54, 1.807) is 0 Å². The summed E-state index contributed by atoms with van der Waals surface area (Å²) < 4.78 is 1.28. The van der Waals surface area contributed by atoms with Gasteiger partial charge in [-0.3, -0.25) is 0 Å². The van der Waals surface area contributed by atoms with Crippen LogP contribution in [-0.2, 0) is 0 Å². The third-order valence-corrected chi connectivity index (χ3v) is 4.51. The second kappa shape index (κ2) is 4.43. The lowest BCUT2D eigenvalue weighted by Gasteiger charge is -2.04. The minimum Gasteiger partial charge on any atom is -0.144 e. The molecule has 0 aromatic carbocycles. The molecule has 0 radical (unpaired) electrons. The van der Waals surface area contributed by atoms with Crippen molar-refractivity contribution in [1.82, 2.24) is 0 Å². The minimum atomic E-state index is 1.10. The van der Waals surface area contributed by atoms with E-state index in [9.17, 15) is 0 Å². The second-order valence-corrected chi connectivity index (χ2v) is 5.29. The van der Waals surface area contributed by atoms with Gasteiger partial charge in [-0.1, -0.05) is 13.0 Å². The van der Waals surface area contributed by atoms with Crippen molar-refractivity contribution in [2.45, 2.75) is 34.1 Å². The Kier molecular flexibility index (Phi) is 3.74. The van der Waals surface area contributed by atoms with Crippen molar-refractivity contribution in [3.63, 3.8) is 0 Å². The van der Waals surface area contributed by atoms with Crippen molar-refractivity contribution in [1.29, 1.82) is 0 Å². The van der Waals surface area contributed by atoms with Crippen molar-refractivity contribution in [2.75, 3.05) is 0 Å². The van der Waals surface area contributed by atoms with Gasteiger partial charge in [-0.15, -0.1) is 11.3 Å². The van der Waals surface area contributed by atoms with Crippen molar-refractivity contribution < 1.29 is 0 Å². The highest BCUT2D eigenvalue weighted by molar-refractivity contribution is 9.10. The SMILES string of the molecule is CC=C(CC)c1c(C)sc(C)c1Br. The van der Waals surface area contributed by atoms with Gasteiger partial charge >= 0.3 is 0 Å². The summed E-state index contributed by atoms with van der Waals surface area (Å²) in [5.74, 6) is 0. The van der Waals surface area contributed by atoms with Gasteiger partial charge in [-0.2, -0.15) is 0 Å². The van der Waals surface area contributed by atoms with Gasteiger partial charge in [0.15, 0.2) is 0 Å². The first kappa shape index (κ1) is 11.0. The van der Waals surface area contributed by atoms with E-state index in [0.717, 1.165) is 6.42 Å². The van der Waals surface area contributed by atoms with Crippen LogP contribution in [0.3, 0.4) is 0 Å². The third kappa shape index (κ3) is 2.05. The summed E-state index contributed by atoms with van der Waals surface area (Å²) in [4.78, 5) is 2.79. The van der Waals surface area contributed by atoms with E-state index in [2.05, 4.69) is 49.7 Å². The maximum Gasteiger partial charge on any atom is 0.0389 e. The third-order valence-electron chi connectivity index (χ3n) is 2.24. The lowest BCUT2D eigenvalue weighted by molar-refractivity contribution is 1.22. The first-order chi connectivity index (χ1) is 6.11. The summed E-state index contributed by atoms with van der Waals surface area (Å²) in [5.41, 5.74) is 2.85. The Morgan fingerprint density at radius 2 is 2.00 bits per heavy atom. The van der Waals surface area contributed by atoms with Crippen LogP contribution >= 0.6 is 27.3 Å². The predicted octanol–water partition coefficient (Wildman–Crippen LogP) is 4.94. The molecular weight excluding hydrogens is 244 g/mol. The zero-order valence-corrected chi connectivity index (χ0v) is 11.0. The summed E-state index contributed by atoms with van der Waals surface area (Å²) in [6.07, 6.45) is 3.31. The summed E-state index contributed by atoms with van der Waals surface area (Å²) in [6, 6.07) is 0. The van der Waals surface area contributed by atoms with Crippen LogP contribution < -0.4 is 0 Å². The van der Waals surface area contributed by atoms with Crippen molar-refractivity contribution in [3.8, 4) is 0 Å². The number of hydrogen-bond donors (Lipinski definition) is 0. The predicted molar refractivity (Wildman–Crippen MR) is 65.4 cm³/mol. The Morgan fingerprint density at radius 1 is 1.38 bits per heavy atom. The average Bonchev–Trinajstić information content (AvgIpc) is 2.34. The number of rotatable bonds is 2. The Bertz CT molecular complexity index is 334. The molecule has 13 heavy (non-hydrogen) atoms. The summed E-state index contributed by atoms with van der Waals surface area (Å²) >= 11 is 5.52. The minimum absolute atomic E-state index is 1.10. The average molecular weight is 259 g/mol. The molecule has 0 saturated heterocycles. The highest BCUT2D eigenvalue weighted by Crippen LogP contribution is 2.37. The highest BCUT2D eigenvalue weighted by Gasteiger charge is 2.12. The molecule has 0 nitrogen and oxygen atoms in total. The first-order valence-corrected chi connectivity index (χ1v) is 6.13. The molecule has 0 aliphatic heterocycles. The quantitative estimate of drug-likeness (QED) is 0.705. The van der Waals surface area contributed by atoms with Crippen LogP contribution in [0, 0.1) is 13.8 Å². The van der Waals surface area contributed by atoms with E-state index >= 15 is 0 Å². The van der Waals surface area contributed by atoms with Crippen LogP contribution in [0.25, 0.3) is 5.57 Å². The molecule has 1 aromatic rings. The Labute approximate surface area is 92.8 Å². The molecule has 0 saturated carbocycles. The zero-order chi connectivity index (χ0) is 10.0. The first-order valence-electron chi connectivity index (χ1n) is 4.52. The zero-order valence-electron chi connectivity index (χ0n) is 8.57. The molecule has 0 aliphatic carbocycles. The maximum absolute atomic E-state index is 3.65. The van der Waals surface area contributed by atoms with Crippen LogP contribution in [-0.4, -0.2) is 0 Å². The number of thiophene rings is 1. The molecular formula is C11H15BrS. The van der Waals surface area contributed by atoms with Gasteiger partial charge in [0, 0.05) is 19.8 Å². The van der Waals surface area contributed by atoms with E-state index in [-0.39, 0.29) is 0 Å². The van der Waals surface area contributed by atoms with Gasteiger partial charge in [0.25, 0.3) is 0 Å². The summed E-state index contributed by atoms with van der Waals surface area (Å²) in [6.45, 7) is 8.66. The van der Waals surface area contributed by atoms with E-state index in [4.69, 9.17) is 0 Å². The van der Waals surface area contributed by atoms with Crippen LogP contribution in [0.5, 0.6) is 0 Å². The molecule has 0 fully saturated rings. The molecule has 0 N–H and O–H groups in total. The van der Waals surface area contributed by atoms with Gasteiger partial charge in [0.2, 0.25) is 0 Å². The lowest BCUT2D eigenvalue weighted by Crippen LogP contribution is -1.83. The Hall–Kier alpha value is -0.0800. The van der Waals surface area contributed by atoms with Gasteiger partial charge in [0.05, 0.1) is 0 Å². The monoisotopic (exact) mass is 258 g/mol. The second-order valence-electron chi connectivity index (χ2n) is 3.07. The fourth-order valence-electron chi connectivity index (χ4n) is 1.55. The van der Waals surface area contributed by atoms with Crippen LogP contribution in [0.1, 0.15) is 35.6 Å².